The lowest BCUT2D eigenvalue weighted by atomic mass is 10.0. The van der Waals surface area contributed by atoms with E-state index >= 15 is 0 Å². The Kier molecular flexibility index (Phi) is 8.84. The minimum atomic E-state index is -3.72. The Morgan fingerprint density at radius 1 is 1.21 bits per heavy atom. The molecule has 10 nitrogen and oxygen atoms in total. The molecule has 33 heavy (non-hydrogen) atoms. The van der Waals surface area contributed by atoms with E-state index in [1.54, 1.807) is 33.0 Å². The van der Waals surface area contributed by atoms with Crippen LogP contribution < -0.4 is 4.74 Å². The summed E-state index contributed by atoms with van der Waals surface area (Å²) in [5, 5.41) is 9.23. The van der Waals surface area contributed by atoms with Crippen molar-refractivity contribution in [1.82, 2.24) is 14.1 Å². The molecule has 1 unspecified atom stereocenters. The van der Waals surface area contributed by atoms with Crippen molar-refractivity contribution in [3.8, 4) is 5.75 Å². The third-order valence-electron chi connectivity index (χ3n) is 5.92. The molecular weight excluding hydrogens is 450 g/mol. The molecule has 1 heterocycles. The van der Waals surface area contributed by atoms with Crippen LogP contribution in [-0.2, 0) is 19.6 Å². The van der Waals surface area contributed by atoms with Gasteiger partial charge >= 0.3 is 12.0 Å². The highest BCUT2D eigenvalue weighted by Gasteiger charge is 2.48. The fraction of sp³-hybridized carbons (Fsp3) is 0.591. The van der Waals surface area contributed by atoms with Gasteiger partial charge in [0.2, 0.25) is 10.0 Å². The van der Waals surface area contributed by atoms with E-state index in [1.807, 2.05) is 18.2 Å². The first-order chi connectivity index (χ1) is 15.4. The number of aliphatic carboxylic acids is 1. The zero-order valence-electron chi connectivity index (χ0n) is 19.6. The summed E-state index contributed by atoms with van der Waals surface area (Å²) < 4.78 is 32.2. The lowest BCUT2D eigenvalue weighted by molar-refractivity contribution is -0.138. The van der Waals surface area contributed by atoms with E-state index in [0.29, 0.717) is 12.2 Å². The van der Waals surface area contributed by atoms with E-state index in [2.05, 4.69) is 0 Å². The third-order valence-corrected chi connectivity index (χ3v) is 7.95. The van der Waals surface area contributed by atoms with Crippen molar-refractivity contribution >= 4 is 27.9 Å². The number of carbonyl (C=O) groups is 3. The number of ether oxygens (including phenoxy) is 1. The largest absolute Gasteiger partial charge is 0.492 e. The summed E-state index contributed by atoms with van der Waals surface area (Å²) in [6.07, 6.45) is 0.248. The van der Waals surface area contributed by atoms with Gasteiger partial charge in [-0.2, -0.15) is 0 Å². The predicted molar refractivity (Wildman–Crippen MR) is 122 cm³/mol. The van der Waals surface area contributed by atoms with Crippen LogP contribution in [0, 0.1) is 5.92 Å². The molecule has 0 radical (unpaired) electrons. The minimum absolute atomic E-state index is 0.113. The first-order valence-electron chi connectivity index (χ1n) is 10.8. The number of urea groups is 1. The van der Waals surface area contributed by atoms with Crippen molar-refractivity contribution in [2.75, 3.05) is 39.5 Å². The van der Waals surface area contributed by atoms with Gasteiger partial charge in [0.25, 0.3) is 5.91 Å². The maximum Gasteiger partial charge on any atom is 0.327 e. The molecule has 0 spiro atoms. The number of likely N-dealkylation sites (N-methyl/N-ethyl adjacent to an activating group) is 2. The maximum absolute atomic E-state index is 12.8. The van der Waals surface area contributed by atoms with Gasteiger partial charge in [0, 0.05) is 33.6 Å². The van der Waals surface area contributed by atoms with Gasteiger partial charge in [-0.25, -0.2) is 17.5 Å². The molecule has 0 saturated carbocycles. The first kappa shape index (κ1) is 26.6. The first-order valence-corrected chi connectivity index (χ1v) is 12.4. The Bertz CT molecular complexity index is 950. The molecule has 0 aromatic heterocycles. The number of nitrogens with zero attached hydrogens (tertiary/aromatic N) is 3. The van der Waals surface area contributed by atoms with E-state index in [4.69, 9.17) is 4.74 Å². The van der Waals surface area contributed by atoms with Crippen LogP contribution in [0.5, 0.6) is 5.75 Å². The molecule has 1 N–H and O–H groups in total. The second-order valence-corrected chi connectivity index (χ2v) is 10.8. The zero-order chi connectivity index (χ0) is 24.8. The number of para-hydroxylation sites is 1. The number of hydrogen-bond acceptors (Lipinski definition) is 6. The summed E-state index contributed by atoms with van der Waals surface area (Å²) >= 11 is 0. The molecular formula is C22H33N3O7S. The highest BCUT2D eigenvalue weighted by Crippen LogP contribution is 2.26. The molecule has 1 fully saturated rings. The number of sulfonamides is 1. The van der Waals surface area contributed by atoms with Crippen LogP contribution in [0.25, 0.3) is 0 Å². The van der Waals surface area contributed by atoms with Crippen molar-refractivity contribution in [3.05, 3.63) is 30.3 Å². The molecule has 1 aliphatic heterocycles. The molecule has 1 aromatic carbocycles. The molecule has 1 saturated heterocycles. The van der Waals surface area contributed by atoms with Crippen LogP contribution >= 0.6 is 0 Å². The SMILES string of the molecule is CN1C(=O)N(CCCC(CC(=O)O)CS(=O)(=O)N(C)CCOc2ccccc2)C(=O)C1(C)C. The predicted octanol–water partition coefficient (Wildman–Crippen LogP) is 1.87. The average molecular weight is 484 g/mol. The topological polar surface area (TPSA) is 125 Å². The van der Waals surface area contributed by atoms with E-state index < -0.39 is 33.5 Å². The summed E-state index contributed by atoms with van der Waals surface area (Å²) in [4.78, 5) is 38.6. The second-order valence-electron chi connectivity index (χ2n) is 8.73. The van der Waals surface area contributed by atoms with E-state index in [1.165, 1.54) is 11.9 Å². The van der Waals surface area contributed by atoms with Crippen LogP contribution in [0.1, 0.15) is 33.1 Å². The van der Waals surface area contributed by atoms with Gasteiger partial charge in [-0.05, 0) is 44.7 Å². The summed E-state index contributed by atoms with van der Waals surface area (Å²) in [6.45, 7) is 3.71. The zero-order valence-corrected chi connectivity index (χ0v) is 20.4. The van der Waals surface area contributed by atoms with Crippen molar-refractivity contribution in [2.45, 2.75) is 38.6 Å². The fourth-order valence-corrected chi connectivity index (χ4v) is 5.07. The van der Waals surface area contributed by atoms with Gasteiger partial charge in [0.1, 0.15) is 17.9 Å². The van der Waals surface area contributed by atoms with E-state index in [0.717, 1.165) is 9.21 Å². The molecule has 11 heteroatoms. The number of rotatable bonds is 13. The van der Waals surface area contributed by atoms with Crippen LogP contribution in [0.4, 0.5) is 4.79 Å². The Morgan fingerprint density at radius 3 is 2.39 bits per heavy atom. The summed E-state index contributed by atoms with van der Waals surface area (Å²) in [7, 11) is -0.739. The quantitative estimate of drug-likeness (QED) is 0.425. The molecule has 184 valence electrons. The lowest BCUT2D eigenvalue weighted by Crippen LogP contribution is -2.41. The summed E-state index contributed by atoms with van der Waals surface area (Å²) in [5.74, 6) is -1.78. The van der Waals surface area contributed by atoms with Gasteiger partial charge in [-0.3, -0.25) is 14.5 Å². The third kappa shape index (κ3) is 6.91. The molecule has 0 bridgehead atoms. The van der Waals surface area contributed by atoms with Crippen molar-refractivity contribution in [1.29, 1.82) is 0 Å². The monoisotopic (exact) mass is 483 g/mol. The smallest absolute Gasteiger partial charge is 0.327 e. The Balaban J connectivity index is 1.91. The van der Waals surface area contributed by atoms with Gasteiger partial charge in [-0.1, -0.05) is 18.2 Å². The van der Waals surface area contributed by atoms with Gasteiger partial charge in [-0.15, -0.1) is 0 Å². The standard InChI is InChI=1S/C22H33N3O7S/c1-22(2)20(28)25(21(29)24(22)4)12-8-9-17(15-19(26)27)16-33(30,31)23(3)13-14-32-18-10-6-5-7-11-18/h5-7,10-11,17H,8-9,12-16H2,1-4H3,(H,26,27). The maximum atomic E-state index is 12.8. The average Bonchev–Trinajstić information content (AvgIpc) is 2.88. The lowest BCUT2D eigenvalue weighted by Gasteiger charge is -2.22. The van der Waals surface area contributed by atoms with Crippen LogP contribution in [0.3, 0.4) is 0 Å². The number of carboxylic acids is 1. The highest BCUT2D eigenvalue weighted by molar-refractivity contribution is 7.89. The van der Waals surface area contributed by atoms with Crippen LogP contribution in [0.15, 0.2) is 30.3 Å². The molecule has 0 aliphatic carbocycles. The number of hydrogen-bond donors (Lipinski definition) is 1. The Labute approximate surface area is 195 Å². The molecule has 1 aliphatic rings. The highest BCUT2D eigenvalue weighted by atomic mass is 32.2. The van der Waals surface area contributed by atoms with Crippen molar-refractivity contribution < 1.29 is 32.6 Å². The minimum Gasteiger partial charge on any atom is -0.492 e. The number of imide groups is 1. The second kappa shape index (κ2) is 11.0. The van der Waals surface area contributed by atoms with Crippen molar-refractivity contribution in [3.63, 3.8) is 0 Å². The summed E-state index contributed by atoms with van der Waals surface area (Å²) in [6, 6.07) is 8.60. The number of amides is 3. The molecule has 1 atom stereocenters. The summed E-state index contributed by atoms with van der Waals surface area (Å²) in [5.41, 5.74) is -0.939. The van der Waals surface area contributed by atoms with Crippen LogP contribution in [0.2, 0.25) is 0 Å². The fourth-order valence-electron chi connectivity index (χ4n) is 3.58. The van der Waals surface area contributed by atoms with Gasteiger partial charge < -0.3 is 14.7 Å². The molecule has 2 rings (SSSR count). The van der Waals surface area contributed by atoms with Crippen LogP contribution in [-0.4, -0.2) is 90.6 Å². The molecule has 3 amide bonds. The van der Waals surface area contributed by atoms with Gasteiger partial charge in [0.05, 0.1) is 5.75 Å². The molecule has 1 aromatic rings. The van der Waals surface area contributed by atoms with Gasteiger partial charge in [0.15, 0.2) is 0 Å². The van der Waals surface area contributed by atoms with E-state index in [-0.39, 0.29) is 44.2 Å². The Morgan fingerprint density at radius 2 is 1.85 bits per heavy atom. The Hall–Kier alpha value is -2.66. The van der Waals surface area contributed by atoms with E-state index in [9.17, 15) is 27.9 Å². The normalized spacial score (nSPS) is 17.0. The number of benzene rings is 1. The number of carbonyl (C=O) groups excluding carboxylic acids is 2. The van der Waals surface area contributed by atoms with Crippen molar-refractivity contribution in [2.24, 2.45) is 5.92 Å². The number of carboxylic acid groups (broad SMARTS) is 1.